The number of carbonyl (C=O) groups excluding carboxylic acids is 2. The summed E-state index contributed by atoms with van der Waals surface area (Å²) >= 11 is 0. The molecule has 0 atom stereocenters. The van der Waals surface area contributed by atoms with E-state index in [4.69, 9.17) is 0 Å². The number of hydrazine groups is 1. The van der Waals surface area contributed by atoms with E-state index in [1.165, 1.54) is 0 Å². The van der Waals surface area contributed by atoms with Gasteiger partial charge in [-0.1, -0.05) is 35.5 Å². The van der Waals surface area contributed by atoms with Crippen molar-refractivity contribution >= 4 is 11.8 Å². The molecule has 1 aliphatic rings. The van der Waals surface area contributed by atoms with Gasteiger partial charge in [0.2, 0.25) is 5.91 Å². The number of nitrogens with one attached hydrogen (secondary N) is 2. The van der Waals surface area contributed by atoms with Crippen LogP contribution in [0.15, 0.2) is 36.5 Å². The Kier molecular flexibility index (Phi) is 3.63. The van der Waals surface area contributed by atoms with Crippen molar-refractivity contribution in [2.24, 2.45) is 5.92 Å². The summed E-state index contributed by atoms with van der Waals surface area (Å²) in [5.74, 6) is -0.581. The van der Waals surface area contributed by atoms with Crippen LogP contribution in [0, 0.1) is 5.92 Å². The van der Waals surface area contributed by atoms with Crippen molar-refractivity contribution in [1.82, 2.24) is 25.8 Å². The molecule has 0 unspecified atom stereocenters. The molecule has 2 amide bonds. The number of hydrogen-bond acceptors (Lipinski definition) is 4. The lowest BCUT2D eigenvalue weighted by Crippen LogP contribution is -2.42. The van der Waals surface area contributed by atoms with Crippen LogP contribution in [-0.4, -0.2) is 26.8 Å². The number of rotatable bonds is 4. The van der Waals surface area contributed by atoms with Gasteiger partial charge in [-0.3, -0.25) is 20.4 Å². The molecule has 0 bridgehead atoms. The number of aromatic nitrogens is 3. The van der Waals surface area contributed by atoms with Crippen LogP contribution in [0.5, 0.6) is 0 Å². The fraction of sp³-hybridized carbons (Fsp3) is 0.286. The summed E-state index contributed by atoms with van der Waals surface area (Å²) in [6.07, 6.45) is 3.32. The molecule has 1 heterocycles. The highest BCUT2D eigenvalue weighted by molar-refractivity contribution is 5.93. The second kappa shape index (κ2) is 5.74. The number of nitrogens with zero attached hydrogens (tertiary/aromatic N) is 3. The molecule has 1 aromatic carbocycles. The average molecular weight is 285 g/mol. The van der Waals surface area contributed by atoms with E-state index in [0.29, 0.717) is 6.54 Å². The Balaban J connectivity index is 1.56. The maximum absolute atomic E-state index is 11.8. The van der Waals surface area contributed by atoms with Crippen molar-refractivity contribution in [1.29, 1.82) is 0 Å². The van der Waals surface area contributed by atoms with Crippen LogP contribution in [0.2, 0.25) is 0 Å². The molecule has 1 aromatic heterocycles. The van der Waals surface area contributed by atoms with E-state index in [9.17, 15) is 9.59 Å². The van der Waals surface area contributed by atoms with Gasteiger partial charge in [-0.05, 0) is 18.4 Å². The summed E-state index contributed by atoms with van der Waals surface area (Å²) in [4.78, 5) is 23.2. The molecule has 2 N–H and O–H groups in total. The molecule has 108 valence electrons. The SMILES string of the molecule is O=C(NNC(=O)C1CC1)c1cn(Cc2ccccc2)nn1. The molecule has 0 saturated heterocycles. The number of carbonyl (C=O) groups is 2. The van der Waals surface area contributed by atoms with Crippen LogP contribution >= 0.6 is 0 Å². The fourth-order valence-corrected chi connectivity index (χ4v) is 1.88. The van der Waals surface area contributed by atoms with Crippen molar-refractivity contribution in [2.75, 3.05) is 0 Å². The van der Waals surface area contributed by atoms with E-state index in [1.54, 1.807) is 10.9 Å². The highest BCUT2D eigenvalue weighted by atomic mass is 16.2. The van der Waals surface area contributed by atoms with Crippen molar-refractivity contribution < 1.29 is 9.59 Å². The van der Waals surface area contributed by atoms with Crippen LogP contribution in [-0.2, 0) is 11.3 Å². The van der Waals surface area contributed by atoms with Crippen LogP contribution < -0.4 is 10.9 Å². The van der Waals surface area contributed by atoms with E-state index >= 15 is 0 Å². The fourth-order valence-electron chi connectivity index (χ4n) is 1.88. The highest BCUT2D eigenvalue weighted by Crippen LogP contribution is 2.28. The maximum atomic E-state index is 11.8. The molecule has 1 saturated carbocycles. The van der Waals surface area contributed by atoms with Gasteiger partial charge in [0.25, 0.3) is 5.91 Å². The standard InChI is InChI=1S/C14H15N5O2/c20-13(11-6-7-11)16-17-14(21)12-9-19(18-15-12)8-10-4-2-1-3-5-10/h1-5,9,11H,6-8H2,(H,16,20)(H,17,21). The quantitative estimate of drug-likeness (QED) is 0.800. The van der Waals surface area contributed by atoms with Gasteiger partial charge in [0, 0.05) is 5.92 Å². The second-order valence-electron chi connectivity index (χ2n) is 5.00. The summed E-state index contributed by atoms with van der Waals surface area (Å²) in [5.41, 5.74) is 5.96. The average Bonchev–Trinajstić information content (AvgIpc) is 3.26. The summed E-state index contributed by atoms with van der Waals surface area (Å²) < 4.78 is 1.58. The predicted octanol–water partition coefficient (Wildman–Crippen LogP) is 0.497. The smallest absolute Gasteiger partial charge is 0.273 e. The molecule has 1 aliphatic carbocycles. The minimum atomic E-state index is -0.469. The zero-order valence-electron chi connectivity index (χ0n) is 11.3. The Morgan fingerprint density at radius 2 is 1.95 bits per heavy atom. The summed E-state index contributed by atoms with van der Waals surface area (Å²) in [7, 11) is 0. The Bertz CT molecular complexity index is 648. The molecular formula is C14H15N5O2. The molecular weight excluding hydrogens is 270 g/mol. The molecule has 1 fully saturated rings. The first-order chi connectivity index (χ1) is 10.2. The third kappa shape index (κ3) is 3.44. The Hall–Kier alpha value is -2.70. The molecule has 7 heteroatoms. The molecule has 0 radical (unpaired) electrons. The van der Waals surface area contributed by atoms with Gasteiger partial charge >= 0.3 is 0 Å². The van der Waals surface area contributed by atoms with Gasteiger partial charge in [0.1, 0.15) is 0 Å². The zero-order chi connectivity index (χ0) is 14.7. The molecule has 7 nitrogen and oxygen atoms in total. The van der Waals surface area contributed by atoms with Crippen LogP contribution in [0.3, 0.4) is 0 Å². The third-order valence-corrected chi connectivity index (χ3v) is 3.21. The van der Waals surface area contributed by atoms with Gasteiger partial charge in [-0.15, -0.1) is 5.10 Å². The third-order valence-electron chi connectivity index (χ3n) is 3.21. The highest BCUT2D eigenvalue weighted by Gasteiger charge is 2.29. The van der Waals surface area contributed by atoms with Gasteiger partial charge in [0.05, 0.1) is 12.7 Å². The number of hydrogen-bond donors (Lipinski definition) is 2. The first-order valence-corrected chi connectivity index (χ1v) is 6.76. The van der Waals surface area contributed by atoms with Gasteiger partial charge in [-0.2, -0.15) is 0 Å². The topological polar surface area (TPSA) is 88.9 Å². The van der Waals surface area contributed by atoms with E-state index in [2.05, 4.69) is 21.2 Å². The molecule has 21 heavy (non-hydrogen) atoms. The Morgan fingerprint density at radius 3 is 2.67 bits per heavy atom. The zero-order valence-corrected chi connectivity index (χ0v) is 11.3. The lowest BCUT2D eigenvalue weighted by Gasteiger charge is -2.03. The van der Waals surface area contributed by atoms with Gasteiger partial charge < -0.3 is 0 Å². The van der Waals surface area contributed by atoms with E-state index in [0.717, 1.165) is 18.4 Å². The monoisotopic (exact) mass is 285 g/mol. The van der Waals surface area contributed by atoms with E-state index < -0.39 is 5.91 Å². The van der Waals surface area contributed by atoms with Gasteiger partial charge in [0.15, 0.2) is 5.69 Å². The number of benzene rings is 1. The van der Waals surface area contributed by atoms with Crippen molar-refractivity contribution in [2.45, 2.75) is 19.4 Å². The lowest BCUT2D eigenvalue weighted by molar-refractivity contribution is -0.123. The van der Waals surface area contributed by atoms with Crippen LogP contribution in [0.1, 0.15) is 28.9 Å². The minimum Gasteiger partial charge on any atom is -0.273 e. The normalized spacial score (nSPS) is 13.7. The van der Waals surface area contributed by atoms with E-state index in [1.807, 2.05) is 30.3 Å². The Labute approximate surface area is 121 Å². The van der Waals surface area contributed by atoms with Crippen molar-refractivity contribution in [3.8, 4) is 0 Å². The van der Waals surface area contributed by atoms with Crippen LogP contribution in [0.25, 0.3) is 0 Å². The predicted molar refractivity (Wildman–Crippen MR) is 73.9 cm³/mol. The minimum absolute atomic E-state index is 0.0408. The first-order valence-electron chi connectivity index (χ1n) is 6.76. The van der Waals surface area contributed by atoms with E-state index in [-0.39, 0.29) is 17.5 Å². The Morgan fingerprint density at radius 1 is 1.19 bits per heavy atom. The molecule has 0 spiro atoms. The molecule has 2 aromatic rings. The van der Waals surface area contributed by atoms with Crippen molar-refractivity contribution in [3.63, 3.8) is 0 Å². The largest absolute Gasteiger partial charge is 0.291 e. The molecule has 0 aliphatic heterocycles. The molecule has 3 rings (SSSR count). The lowest BCUT2D eigenvalue weighted by atomic mass is 10.2. The van der Waals surface area contributed by atoms with Gasteiger partial charge in [-0.25, -0.2) is 4.68 Å². The summed E-state index contributed by atoms with van der Waals surface area (Å²) in [6, 6.07) is 9.75. The second-order valence-corrected chi connectivity index (χ2v) is 5.00. The maximum Gasteiger partial charge on any atom is 0.291 e. The summed E-state index contributed by atoms with van der Waals surface area (Å²) in [5, 5.41) is 7.70. The van der Waals surface area contributed by atoms with Crippen LogP contribution in [0.4, 0.5) is 0 Å². The van der Waals surface area contributed by atoms with Crippen molar-refractivity contribution in [3.05, 3.63) is 47.8 Å². The summed E-state index contributed by atoms with van der Waals surface area (Å²) in [6.45, 7) is 0.537. The first kappa shape index (κ1) is 13.3. The number of amides is 2.